The zero-order valence-corrected chi connectivity index (χ0v) is 6.19. The summed E-state index contributed by atoms with van der Waals surface area (Å²) in [4.78, 5) is 0. The maximum absolute atomic E-state index is 5.56. The molecule has 0 aliphatic carbocycles. The summed E-state index contributed by atoms with van der Waals surface area (Å²) >= 11 is 0. The summed E-state index contributed by atoms with van der Waals surface area (Å²) in [6, 6.07) is 0. The molecule has 0 rings (SSSR count). The van der Waals surface area contributed by atoms with Gasteiger partial charge in [0.15, 0.2) is 0 Å². The van der Waals surface area contributed by atoms with Gasteiger partial charge in [-0.15, -0.1) is 0 Å². The lowest BCUT2D eigenvalue weighted by Gasteiger charge is -2.13. The Kier molecular flexibility index (Phi) is 2.49. The molecule has 3 heteroatoms. The summed E-state index contributed by atoms with van der Waals surface area (Å²) in [6.07, 6.45) is 0. The lowest BCUT2D eigenvalue weighted by molar-refractivity contribution is 0.330. The minimum atomic E-state index is -1.66. The topological polar surface area (TPSA) is 35.2 Å². The van der Waals surface area contributed by atoms with Crippen LogP contribution in [0.25, 0.3) is 0 Å². The summed E-state index contributed by atoms with van der Waals surface area (Å²) in [5.41, 5.74) is 0. The highest BCUT2D eigenvalue weighted by atomic mass is 28.4. The normalized spacial score (nSPS) is 12.0. The van der Waals surface area contributed by atoms with Crippen LogP contribution in [0.4, 0.5) is 0 Å². The van der Waals surface area contributed by atoms with E-state index in [2.05, 4.69) is 0 Å². The van der Waals surface area contributed by atoms with E-state index in [1.54, 1.807) is 0 Å². The summed E-state index contributed by atoms with van der Waals surface area (Å²) in [7, 11) is -1.66. The second kappa shape index (κ2) is 2.45. The Labute approximate surface area is 45.9 Å². The number of hydrogen-bond donors (Lipinski definition) is 1. The van der Waals surface area contributed by atoms with Gasteiger partial charge in [0.05, 0.1) is 0 Å². The van der Waals surface area contributed by atoms with E-state index >= 15 is 0 Å². The first kappa shape index (κ1) is 7.14. The SMILES string of the molecule is CCO[Si](C)(C)N. The maximum atomic E-state index is 5.56. The molecule has 7 heavy (non-hydrogen) atoms. The number of nitrogens with two attached hydrogens (primary N) is 1. The second-order valence-electron chi connectivity index (χ2n) is 2.04. The Morgan fingerprint density at radius 1 is 1.57 bits per heavy atom. The summed E-state index contributed by atoms with van der Waals surface area (Å²) < 4.78 is 5.15. The van der Waals surface area contributed by atoms with E-state index in [0.29, 0.717) is 0 Å². The van der Waals surface area contributed by atoms with Gasteiger partial charge < -0.3 is 9.83 Å². The highest BCUT2D eigenvalue weighted by Gasteiger charge is 2.12. The molecule has 0 aromatic carbocycles. The highest BCUT2D eigenvalue weighted by molar-refractivity contribution is 6.67. The van der Waals surface area contributed by atoms with Crippen LogP contribution >= 0.6 is 0 Å². The molecule has 0 saturated carbocycles. The van der Waals surface area contributed by atoms with Crippen molar-refractivity contribution in [3.63, 3.8) is 0 Å². The van der Waals surface area contributed by atoms with Crippen molar-refractivity contribution in [3.05, 3.63) is 0 Å². The molecule has 2 N–H and O–H groups in total. The molecule has 0 aromatic heterocycles. The van der Waals surface area contributed by atoms with Crippen molar-refractivity contribution < 1.29 is 4.43 Å². The molecule has 0 atom stereocenters. The molecule has 0 heterocycles. The fraction of sp³-hybridized carbons (Fsp3) is 1.00. The molecular formula is C4H13NOSi. The molecule has 0 unspecified atom stereocenters. The fourth-order valence-electron chi connectivity index (χ4n) is 0.372. The third-order valence-electron chi connectivity index (χ3n) is 0.516. The van der Waals surface area contributed by atoms with Crippen molar-refractivity contribution >= 4 is 8.48 Å². The zero-order chi connectivity index (χ0) is 5.91. The van der Waals surface area contributed by atoms with Crippen LogP contribution in [0.3, 0.4) is 0 Å². The van der Waals surface area contributed by atoms with Crippen LogP contribution in [-0.4, -0.2) is 15.1 Å². The lowest BCUT2D eigenvalue weighted by atomic mass is 10.9. The highest BCUT2D eigenvalue weighted by Crippen LogP contribution is 1.91. The van der Waals surface area contributed by atoms with Crippen molar-refractivity contribution in [1.29, 1.82) is 0 Å². The van der Waals surface area contributed by atoms with E-state index < -0.39 is 8.48 Å². The van der Waals surface area contributed by atoms with Gasteiger partial charge >= 0.3 is 0 Å². The predicted octanol–water partition coefficient (Wildman–Crippen LogP) is 0.683. The van der Waals surface area contributed by atoms with Crippen LogP contribution in [0.15, 0.2) is 0 Å². The van der Waals surface area contributed by atoms with E-state index in [9.17, 15) is 0 Å². The molecule has 44 valence electrons. The number of rotatable bonds is 2. The van der Waals surface area contributed by atoms with E-state index in [4.69, 9.17) is 9.83 Å². The zero-order valence-electron chi connectivity index (χ0n) is 5.19. The van der Waals surface area contributed by atoms with E-state index in [1.807, 2.05) is 20.0 Å². The Morgan fingerprint density at radius 3 is 2.00 bits per heavy atom. The largest absolute Gasteiger partial charge is 0.404 e. The van der Waals surface area contributed by atoms with Crippen LogP contribution < -0.4 is 5.40 Å². The van der Waals surface area contributed by atoms with Crippen molar-refractivity contribution in [2.75, 3.05) is 6.61 Å². The van der Waals surface area contributed by atoms with Gasteiger partial charge in [-0.1, -0.05) is 0 Å². The Hall–Kier alpha value is 0.137. The fourth-order valence-corrected chi connectivity index (χ4v) is 1.12. The Morgan fingerprint density at radius 2 is 2.00 bits per heavy atom. The van der Waals surface area contributed by atoms with Gasteiger partial charge in [-0.05, 0) is 20.0 Å². The van der Waals surface area contributed by atoms with Crippen LogP contribution in [0.2, 0.25) is 13.1 Å². The van der Waals surface area contributed by atoms with Gasteiger partial charge in [0.2, 0.25) is 0 Å². The monoisotopic (exact) mass is 119 g/mol. The molecule has 0 fully saturated rings. The van der Waals surface area contributed by atoms with Crippen LogP contribution in [0, 0.1) is 0 Å². The first-order valence-corrected chi connectivity index (χ1v) is 5.47. The van der Waals surface area contributed by atoms with Gasteiger partial charge in [0, 0.05) is 6.61 Å². The smallest absolute Gasteiger partial charge is 0.259 e. The van der Waals surface area contributed by atoms with Gasteiger partial charge in [-0.2, -0.15) is 0 Å². The maximum Gasteiger partial charge on any atom is 0.259 e. The van der Waals surface area contributed by atoms with Crippen molar-refractivity contribution in [3.8, 4) is 0 Å². The Balaban J connectivity index is 3.15. The van der Waals surface area contributed by atoms with E-state index in [0.717, 1.165) is 6.61 Å². The Bertz CT molecular complexity index is 50.1. The van der Waals surface area contributed by atoms with Gasteiger partial charge in [0.25, 0.3) is 8.48 Å². The van der Waals surface area contributed by atoms with E-state index in [1.165, 1.54) is 0 Å². The molecular weight excluding hydrogens is 106 g/mol. The molecule has 0 saturated heterocycles. The molecule has 0 aromatic rings. The number of hydrogen-bond acceptors (Lipinski definition) is 2. The molecule has 0 aliphatic heterocycles. The molecule has 2 nitrogen and oxygen atoms in total. The summed E-state index contributed by atoms with van der Waals surface area (Å²) in [5, 5.41) is 5.56. The first-order chi connectivity index (χ1) is 3.06. The van der Waals surface area contributed by atoms with Gasteiger partial charge in [-0.25, -0.2) is 0 Å². The minimum absolute atomic E-state index is 0.746. The molecule has 0 amide bonds. The summed E-state index contributed by atoms with van der Waals surface area (Å²) in [6.45, 7) is 6.64. The van der Waals surface area contributed by atoms with Gasteiger partial charge in [-0.3, -0.25) is 0 Å². The third-order valence-corrected chi connectivity index (χ3v) is 1.55. The average Bonchev–Trinajstić information content (AvgIpc) is 1.30. The first-order valence-electron chi connectivity index (χ1n) is 2.49. The van der Waals surface area contributed by atoms with E-state index in [-0.39, 0.29) is 0 Å². The van der Waals surface area contributed by atoms with Crippen LogP contribution in [-0.2, 0) is 4.43 Å². The predicted molar refractivity (Wildman–Crippen MR) is 33.3 cm³/mol. The molecule has 0 spiro atoms. The third kappa shape index (κ3) is 6.14. The van der Waals surface area contributed by atoms with Crippen LogP contribution in [0.1, 0.15) is 6.92 Å². The van der Waals surface area contributed by atoms with Gasteiger partial charge in [0.1, 0.15) is 0 Å². The van der Waals surface area contributed by atoms with Crippen LogP contribution in [0.5, 0.6) is 0 Å². The average molecular weight is 119 g/mol. The lowest BCUT2D eigenvalue weighted by Crippen LogP contribution is -2.41. The molecule has 0 aliphatic rings. The minimum Gasteiger partial charge on any atom is -0.404 e. The second-order valence-corrected chi connectivity index (χ2v) is 5.53. The quantitative estimate of drug-likeness (QED) is 0.543. The molecule has 0 radical (unpaired) electrons. The standard InChI is InChI=1S/C4H13NOSi/c1-4-6-7(2,3)5/h4-5H2,1-3H3. The van der Waals surface area contributed by atoms with Crippen molar-refractivity contribution in [2.45, 2.75) is 20.0 Å². The molecule has 0 bridgehead atoms. The van der Waals surface area contributed by atoms with Crippen molar-refractivity contribution in [2.24, 2.45) is 5.40 Å². The summed E-state index contributed by atoms with van der Waals surface area (Å²) in [5.74, 6) is 0. The van der Waals surface area contributed by atoms with Crippen molar-refractivity contribution in [1.82, 2.24) is 0 Å².